The van der Waals surface area contributed by atoms with Crippen LogP contribution in [0.4, 0.5) is 8.78 Å². The molecule has 0 saturated heterocycles. The molecular formula is C14H20Cl2F2N4O. The second-order valence-electron chi connectivity index (χ2n) is 4.75. The van der Waals surface area contributed by atoms with E-state index in [2.05, 4.69) is 15.6 Å². The Labute approximate surface area is 145 Å². The van der Waals surface area contributed by atoms with Crippen LogP contribution in [0, 0.1) is 0 Å². The van der Waals surface area contributed by atoms with Crippen LogP contribution < -0.4 is 10.6 Å². The molecule has 0 fully saturated rings. The lowest BCUT2D eigenvalue weighted by Crippen LogP contribution is -2.30. The van der Waals surface area contributed by atoms with Crippen molar-refractivity contribution >= 4 is 41.8 Å². The number of imidazole rings is 1. The van der Waals surface area contributed by atoms with Gasteiger partial charge in [0.15, 0.2) is 0 Å². The molecule has 1 aromatic heterocycles. The standard InChI is InChI=1S/C14H18F2N4O.2ClH/c1-9(18-12(21)7-8-17-2)13-19-10-5-3-4-6-11(10)20(13)14(15)16;;/h3-6,9,14,17H,7-8H2,1-2H3,(H,18,21);2*1H. The summed E-state index contributed by atoms with van der Waals surface area (Å²) < 4.78 is 27.4. The van der Waals surface area contributed by atoms with E-state index in [1.54, 1.807) is 38.2 Å². The summed E-state index contributed by atoms with van der Waals surface area (Å²) in [6, 6.07) is 6.10. The number of hydrogen-bond donors (Lipinski definition) is 2. The molecule has 0 aliphatic carbocycles. The third-order valence-electron chi connectivity index (χ3n) is 3.19. The second kappa shape index (κ2) is 9.64. The molecule has 2 N–H and O–H groups in total. The minimum absolute atomic E-state index is 0. The lowest BCUT2D eigenvalue weighted by Gasteiger charge is -2.15. The van der Waals surface area contributed by atoms with Gasteiger partial charge in [0.1, 0.15) is 5.82 Å². The second-order valence-corrected chi connectivity index (χ2v) is 4.75. The van der Waals surface area contributed by atoms with Crippen molar-refractivity contribution in [3.05, 3.63) is 30.1 Å². The summed E-state index contributed by atoms with van der Waals surface area (Å²) >= 11 is 0. The van der Waals surface area contributed by atoms with E-state index in [4.69, 9.17) is 0 Å². The number of para-hydroxylation sites is 2. The van der Waals surface area contributed by atoms with Gasteiger partial charge in [-0.2, -0.15) is 8.78 Å². The van der Waals surface area contributed by atoms with Gasteiger partial charge >= 0.3 is 6.55 Å². The number of amides is 1. The van der Waals surface area contributed by atoms with Gasteiger partial charge in [-0.25, -0.2) is 4.98 Å². The summed E-state index contributed by atoms with van der Waals surface area (Å²) in [5, 5.41) is 5.55. The van der Waals surface area contributed by atoms with Crippen molar-refractivity contribution in [3.63, 3.8) is 0 Å². The van der Waals surface area contributed by atoms with E-state index < -0.39 is 12.6 Å². The molecule has 1 unspecified atom stereocenters. The van der Waals surface area contributed by atoms with Crippen molar-refractivity contribution in [2.24, 2.45) is 0 Å². The van der Waals surface area contributed by atoms with Crippen LogP contribution in [-0.4, -0.2) is 29.1 Å². The maximum Gasteiger partial charge on any atom is 0.320 e. The summed E-state index contributed by atoms with van der Waals surface area (Å²) in [5.74, 6) is -0.0475. The average Bonchev–Trinajstić information content (AvgIpc) is 2.84. The number of nitrogens with one attached hydrogen (secondary N) is 2. The zero-order valence-corrected chi connectivity index (χ0v) is 14.4. The Morgan fingerprint density at radius 2 is 1.96 bits per heavy atom. The third kappa shape index (κ3) is 5.02. The number of halogens is 4. The number of alkyl halides is 2. The van der Waals surface area contributed by atoms with E-state index >= 15 is 0 Å². The molecule has 2 rings (SSSR count). The van der Waals surface area contributed by atoms with Gasteiger partial charge in [0.05, 0.1) is 17.1 Å². The summed E-state index contributed by atoms with van der Waals surface area (Å²) in [5.41, 5.74) is 0.850. The first kappa shape index (κ1) is 21.6. The fourth-order valence-corrected chi connectivity index (χ4v) is 2.19. The summed E-state index contributed by atoms with van der Waals surface area (Å²) in [4.78, 5) is 15.9. The molecule has 2 aromatic rings. The zero-order chi connectivity index (χ0) is 15.4. The predicted octanol–water partition coefficient (Wildman–Crippen LogP) is 3.06. The van der Waals surface area contributed by atoms with Crippen LogP contribution in [0.3, 0.4) is 0 Å². The molecule has 0 aliphatic rings. The zero-order valence-electron chi connectivity index (χ0n) is 12.8. The van der Waals surface area contributed by atoms with Crippen molar-refractivity contribution < 1.29 is 13.6 Å². The van der Waals surface area contributed by atoms with E-state index in [1.807, 2.05) is 0 Å². The Bertz CT molecular complexity index is 636. The molecule has 5 nitrogen and oxygen atoms in total. The van der Waals surface area contributed by atoms with Crippen molar-refractivity contribution in [2.45, 2.75) is 25.9 Å². The van der Waals surface area contributed by atoms with Gasteiger partial charge < -0.3 is 10.6 Å². The third-order valence-corrected chi connectivity index (χ3v) is 3.19. The highest BCUT2D eigenvalue weighted by molar-refractivity contribution is 5.85. The number of hydrogen-bond acceptors (Lipinski definition) is 3. The summed E-state index contributed by atoms with van der Waals surface area (Å²) in [6.07, 6.45) is 0.287. The molecule has 0 saturated carbocycles. The fourth-order valence-electron chi connectivity index (χ4n) is 2.19. The minimum atomic E-state index is -2.70. The molecule has 1 amide bonds. The van der Waals surface area contributed by atoms with Gasteiger partial charge in [0, 0.05) is 13.0 Å². The number of nitrogens with zero attached hydrogens (tertiary/aromatic N) is 2. The van der Waals surface area contributed by atoms with Crippen LogP contribution in [0.1, 0.15) is 31.8 Å². The van der Waals surface area contributed by atoms with Crippen molar-refractivity contribution in [1.29, 1.82) is 0 Å². The van der Waals surface area contributed by atoms with Crippen molar-refractivity contribution in [1.82, 2.24) is 20.2 Å². The van der Waals surface area contributed by atoms with Gasteiger partial charge in [-0.1, -0.05) is 12.1 Å². The highest BCUT2D eigenvalue weighted by Crippen LogP contribution is 2.26. The maximum absolute atomic E-state index is 13.3. The Hall–Kier alpha value is -1.44. The molecule has 23 heavy (non-hydrogen) atoms. The van der Waals surface area contributed by atoms with Gasteiger partial charge in [-0.15, -0.1) is 24.8 Å². The first-order valence-electron chi connectivity index (χ1n) is 6.73. The van der Waals surface area contributed by atoms with Gasteiger partial charge in [0.25, 0.3) is 0 Å². The highest BCUT2D eigenvalue weighted by atomic mass is 35.5. The van der Waals surface area contributed by atoms with Gasteiger partial charge in [-0.3, -0.25) is 9.36 Å². The Balaban J connectivity index is 0.00000242. The van der Waals surface area contributed by atoms with Gasteiger partial charge in [0.2, 0.25) is 5.91 Å². The van der Waals surface area contributed by atoms with E-state index in [-0.39, 0.29) is 43.0 Å². The number of fused-ring (bicyclic) bond motifs is 1. The molecule has 0 radical (unpaired) electrons. The van der Waals surface area contributed by atoms with Crippen LogP contribution in [0.5, 0.6) is 0 Å². The fraction of sp³-hybridized carbons (Fsp3) is 0.429. The first-order valence-corrected chi connectivity index (χ1v) is 6.73. The number of aromatic nitrogens is 2. The lowest BCUT2D eigenvalue weighted by atomic mass is 10.3. The Morgan fingerprint density at radius 3 is 2.57 bits per heavy atom. The Kier molecular flexibility index (Phi) is 9.04. The Morgan fingerprint density at radius 1 is 1.30 bits per heavy atom. The van der Waals surface area contributed by atoms with Crippen molar-refractivity contribution in [2.75, 3.05) is 13.6 Å². The van der Waals surface area contributed by atoms with E-state index in [0.717, 1.165) is 4.57 Å². The maximum atomic E-state index is 13.3. The summed E-state index contributed by atoms with van der Waals surface area (Å²) in [6.45, 7) is -0.523. The molecule has 0 spiro atoms. The highest BCUT2D eigenvalue weighted by Gasteiger charge is 2.22. The molecule has 1 heterocycles. The molecular weight excluding hydrogens is 349 g/mol. The molecule has 0 bridgehead atoms. The topological polar surface area (TPSA) is 59.0 Å². The van der Waals surface area contributed by atoms with Crippen LogP contribution >= 0.6 is 24.8 Å². The number of carbonyl (C=O) groups excluding carboxylic acids is 1. The lowest BCUT2D eigenvalue weighted by molar-refractivity contribution is -0.121. The van der Waals surface area contributed by atoms with E-state index in [1.165, 1.54) is 0 Å². The minimum Gasteiger partial charge on any atom is -0.346 e. The van der Waals surface area contributed by atoms with Crippen LogP contribution in [0.25, 0.3) is 11.0 Å². The average molecular weight is 369 g/mol. The SMILES string of the molecule is CNCCC(=O)NC(C)c1nc2ccccc2n1C(F)F.Cl.Cl. The van der Waals surface area contributed by atoms with Gasteiger partial charge in [-0.05, 0) is 26.1 Å². The van der Waals surface area contributed by atoms with E-state index in [9.17, 15) is 13.6 Å². The number of carbonyl (C=O) groups is 1. The quantitative estimate of drug-likeness (QED) is 0.823. The summed E-state index contributed by atoms with van der Waals surface area (Å²) in [7, 11) is 1.74. The molecule has 1 aromatic carbocycles. The van der Waals surface area contributed by atoms with E-state index in [0.29, 0.717) is 17.6 Å². The van der Waals surface area contributed by atoms with Crippen LogP contribution in [0.2, 0.25) is 0 Å². The molecule has 0 aliphatic heterocycles. The normalized spacial score (nSPS) is 11.7. The largest absolute Gasteiger partial charge is 0.346 e. The monoisotopic (exact) mass is 368 g/mol. The van der Waals surface area contributed by atoms with Crippen molar-refractivity contribution in [3.8, 4) is 0 Å². The first-order chi connectivity index (χ1) is 10.0. The molecule has 1 atom stereocenters. The smallest absolute Gasteiger partial charge is 0.320 e. The predicted molar refractivity (Wildman–Crippen MR) is 90.6 cm³/mol. The number of rotatable bonds is 6. The van der Waals surface area contributed by atoms with Crippen LogP contribution in [-0.2, 0) is 4.79 Å². The molecule has 9 heteroatoms. The molecule has 130 valence electrons. The van der Waals surface area contributed by atoms with Crippen LogP contribution in [0.15, 0.2) is 24.3 Å². The number of benzene rings is 1.